The third kappa shape index (κ3) is 10.0. The van der Waals surface area contributed by atoms with Crippen LogP contribution in [0.1, 0.15) is 0 Å². The van der Waals surface area contributed by atoms with Crippen molar-refractivity contribution in [3.8, 4) is 0 Å². The fraction of sp³-hybridized carbons (Fsp3) is 0. The Balaban J connectivity index is 1.40. The van der Waals surface area contributed by atoms with Gasteiger partial charge in [0, 0.05) is 45.5 Å². The number of hydrazine groups is 3. The number of anilines is 8. The van der Waals surface area contributed by atoms with Crippen molar-refractivity contribution in [2.24, 2.45) is 0 Å². The van der Waals surface area contributed by atoms with Crippen molar-refractivity contribution in [1.82, 2.24) is 17.7 Å². The summed E-state index contributed by atoms with van der Waals surface area (Å²) in [4.78, 5) is 21.2. The van der Waals surface area contributed by atoms with E-state index in [9.17, 15) is 0 Å². The number of benzene rings is 8. The molecule has 0 aromatic heterocycles. The van der Waals surface area contributed by atoms with E-state index in [-0.39, 0.29) is 0 Å². The van der Waals surface area contributed by atoms with Crippen LogP contribution < -0.4 is 45.8 Å². The molecule has 0 spiro atoms. The predicted molar refractivity (Wildman–Crippen MR) is 276 cm³/mol. The Morgan fingerprint density at radius 3 is 1.00 bits per heavy atom. The molecule has 8 aromatic rings. The highest BCUT2D eigenvalue weighted by Gasteiger charge is 2.67. The molecule has 9 N–H and O–H groups in total. The summed E-state index contributed by atoms with van der Waals surface area (Å²) >= 11 is 0. The molecule has 0 saturated carbocycles. The van der Waals surface area contributed by atoms with Gasteiger partial charge in [-0.3, -0.25) is 0 Å². The second kappa shape index (κ2) is 20.4. The summed E-state index contributed by atoms with van der Waals surface area (Å²) in [5.41, 5.74) is 19.9. The zero-order chi connectivity index (χ0) is 43.3. The Bertz CT molecular complexity index is 2520. The van der Waals surface area contributed by atoms with E-state index in [1.165, 1.54) is 0 Å². The Morgan fingerprint density at radius 1 is 0.328 bits per heavy atom. The number of rotatable bonds is 16. The van der Waals surface area contributed by atoms with Gasteiger partial charge < -0.3 is 45.8 Å². The number of nitrogens with zero attached hydrogens (tertiary/aromatic N) is 3. The summed E-state index contributed by atoms with van der Waals surface area (Å²) in [7, 11) is -11.8. The number of hydrogen-bond donors (Lipinski definition) is 9. The van der Waals surface area contributed by atoms with Gasteiger partial charge in [-0.15, -0.1) is 0 Å². The third-order valence-electron chi connectivity index (χ3n) is 10.6. The highest BCUT2D eigenvalue weighted by molar-refractivity contribution is 7.02. The zero-order valence-electron chi connectivity index (χ0n) is 35.2. The fourth-order valence-electron chi connectivity index (χ4n) is 7.66. The van der Waals surface area contributed by atoms with Crippen LogP contribution in [0.25, 0.3) is 0 Å². The van der Waals surface area contributed by atoms with Gasteiger partial charge in [-0.2, -0.15) is 8.68 Å². The molecule has 1 fully saturated rings. The average molecular weight is 909 g/mol. The summed E-state index contributed by atoms with van der Waals surface area (Å²) in [6.45, 7) is 0. The predicted octanol–water partition coefficient (Wildman–Crippen LogP) is 8.72. The van der Waals surface area contributed by atoms with Gasteiger partial charge in [0.15, 0.2) is 9.84 Å². The van der Waals surface area contributed by atoms with Crippen molar-refractivity contribution in [3.05, 3.63) is 243 Å². The van der Waals surface area contributed by atoms with E-state index in [1.54, 1.807) is 0 Å². The average Bonchev–Trinajstić information content (AvgIpc) is 3.35. The molecule has 1 atom stereocenters. The highest BCUT2D eigenvalue weighted by atomic mass is 28.5. The molecular formula is C48H52N12Si4. The monoisotopic (exact) mass is 908 g/mol. The molecule has 16 heteroatoms. The van der Waals surface area contributed by atoms with Crippen molar-refractivity contribution < 1.29 is 0 Å². The lowest BCUT2D eigenvalue weighted by molar-refractivity contribution is 0.550. The van der Waals surface area contributed by atoms with Gasteiger partial charge in [0.2, 0.25) is 0 Å². The van der Waals surface area contributed by atoms with Gasteiger partial charge in [-0.05, 0) is 97.1 Å². The second-order valence-electron chi connectivity index (χ2n) is 15.2. The minimum absolute atomic E-state index is 0.912. The normalized spacial score (nSPS) is 16.6. The maximum absolute atomic E-state index is 4.30. The number of hydrogen-bond acceptors (Lipinski definition) is 12. The Kier molecular flexibility index (Phi) is 13.4. The van der Waals surface area contributed by atoms with Crippen LogP contribution in [0.5, 0.6) is 0 Å². The standard InChI is InChI=1S/C48H52N12Si4/c1-9-25-41(26-10-1)49-58-61-57-62(52-44-31-15-4-16-32-44)59(50-42-27-11-2-12-28-42)64(55-47-37-21-7-22-38-47,56-48-39-23-8-24-40-48)60(51-43-29-13-3-14-30-43)63(58,53-45-33-17-5-18-34-45)54-46-35-19-6-20-36-46/h1-40,49-57,62H,61H2. The second-order valence-corrected chi connectivity index (χ2v) is 26.5. The first-order valence-corrected chi connectivity index (χ1v) is 28.2. The Hall–Kier alpha value is -7.13. The van der Waals surface area contributed by atoms with Crippen LogP contribution in [-0.2, 0) is 0 Å². The van der Waals surface area contributed by atoms with Crippen molar-refractivity contribution >= 4 is 82.1 Å². The molecule has 1 unspecified atom stereocenters. The zero-order valence-corrected chi connectivity index (χ0v) is 39.8. The minimum Gasteiger partial charge on any atom is -0.389 e. The lowest BCUT2D eigenvalue weighted by atomic mass is 10.3. The quantitative estimate of drug-likeness (QED) is 0.0432. The molecule has 320 valence electrons. The summed E-state index contributed by atoms with van der Waals surface area (Å²) in [5, 5.41) is 0. The first-order valence-electron chi connectivity index (χ1n) is 21.4. The fourth-order valence-corrected chi connectivity index (χ4v) is 26.3. The number of nitrogens with one attached hydrogen (secondary N) is 9. The van der Waals surface area contributed by atoms with E-state index in [0.717, 1.165) is 45.5 Å². The lowest BCUT2D eigenvalue weighted by Gasteiger charge is -2.59. The van der Waals surface area contributed by atoms with E-state index in [1.807, 2.05) is 0 Å². The lowest BCUT2D eigenvalue weighted by Crippen LogP contribution is -2.95. The van der Waals surface area contributed by atoms with Crippen LogP contribution in [0.4, 0.5) is 45.5 Å². The van der Waals surface area contributed by atoms with Crippen LogP contribution in [0, 0.1) is 0 Å². The summed E-state index contributed by atoms with van der Waals surface area (Å²) in [5.74, 6) is 0. The third-order valence-corrected chi connectivity index (χ3v) is 26.1. The smallest absolute Gasteiger partial charge is 0.389 e. The number of para-hydroxylation sites is 8. The van der Waals surface area contributed by atoms with Crippen molar-refractivity contribution in [1.29, 1.82) is 0 Å². The SMILES string of the molecule is c1ccc(NN2[SiH2]N[SiH](Nc3ccccc3)N(Nc3ccccc3)[Si](Nc3ccccc3)(Nc3ccccc3)N(Nc3ccccc3)[Si]2(Nc2ccccc2)Nc2ccccc2)cc1. The Labute approximate surface area is 381 Å². The van der Waals surface area contributed by atoms with Gasteiger partial charge in [-0.25, -0.2) is 4.34 Å². The van der Waals surface area contributed by atoms with Crippen LogP contribution >= 0.6 is 0 Å². The molecule has 1 saturated heterocycles. The van der Waals surface area contributed by atoms with Crippen molar-refractivity contribution in [2.75, 3.05) is 41.2 Å². The summed E-state index contributed by atoms with van der Waals surface area (Å²) in [6, 6.07) is 83.9. The Morgan fingerprint density at radius 2 is 0.625 bits per heavy atom. The van der Waals surface area contributed by atoms with E-state index in [0.29, 0.717) is 0 Å². The van der Waals surface area contributed by atoms with Crippen LogP contribution in [0.15, 0.2) is 243 Å². The molecule has 1 aliphatic rings. The van der Waals surface area contributed by atoms with Gasteiger partial charge in [0.25, 0.3) is 0 Å². The molecule has 1 aliphatic heterocycles. The van der Waals surface area contributed by atoms with Gasteiger partial charge in [0.1, 0.15) is 0 Å². The van der Waals surface area contributed by atoms with Crippen molar-refractivity contribution in [2.45, 2.75) is 0 Å². The summed E-state index contributed by atoms with van der Waals surface area (Å²) < 4.78 is 11.8. The molecular weight excluding hydrogens is 857 g/mol. The van der Waals surface area contributed by atoms with E-state index in [4.69, 9.17) is 0 Å². The topological polar surface area (TPSA) is 118 Å². The van der Waals surface area contributed by atoms with E-state index < -0.39 is 36.6 Å². The molecule has 12 nitrogen and oxygen atoms in total. The molecule has 0 radical (unpaired) electrons. The molecule has 0 bridgehead atoms. The molecule has 1 heterocycles. The van der Waals surface area contributed by atoms with E-state index in [2.05, 4.69) is 302 Å². The molecule has 9 rings (SSSR count). The first-order chi connectivity index (χ1) is 31.6. The molecule has 64 heavy (non-hydrogen) atoms. The largest absolute Gasteiger partial charge is 0.463 e. The molecule has 0 aliphatic carbocycles. The van der Waals surface area contributed by atoms with Crippen LogP contribution in [-0.4, -0.2) is 49.6 Å². The minimum atomic E-state index is -3.93. The molecule has 8 aromatic carbocycles. The molecule has 0 amide bonds. The van der Waals surface area contributed by atoms with Gasteiger partial charge in [0.05, 0.1) is 0 Å². The maximum Gasteiger partial charge on any atom is 0.463 e. The first kappa shape index (κ1) is 42.2. The van der Waals surface area contributed by atoms with Crippen molar-refractivity contribution in [3.63, 3.8) is 0 Å². The highest BCUT2D eigenvalue weighted by Crippen LogP contribution is 2.34. The van der Waals surface area contributed by atoms with Crippen LogP contribution in [0.3, 0.4) is 0 Å². The van der Waals surface area contributed by atoms with E-state index >= 15 is 0 Å². The van der Waals surface area contributed by atoms with Crippen LogP contribution in [0.2, 0.25) is 0 Å². The van der Waals surface area contributed by atoms with Gasteiger partial charge in [-0.1, -0.05) is 146 Å². The maximum atomic E-state index is 4.30. The van der Waals surface area contributed by atoms with Gasteiger partial charge >= 0.3 is 26.7 Å². The summed E-state index contributed by atoms with van der Waals surface area (Å²) in [6.07, 6.45) is 0.